The van der Waals surface area contributed by atoms with Crippen LogP contribution in [0.25, 0.3) is 0 Å². The number of benzene rings is 1. The van der Waals surface area contributed by atoms with Gasteiger partial charge in [0.1, 0.15) is 0 Å². The Bertz CT molecular complexity index is 552. The zero-order chi connectivity index (χ0) is 13.3. The molecule has 1 aromatic rings. The van der Waals surface area contributed by atoms with E-state index in [1.807, 2.05) is 6.07 Å². The predicted octanol–water partition coefficient (Wildman–Crippen LogP) is 2.08. The molecule has 1 aliphatic heterocycles. The van der Waals surface area contributed by atoms with Crippen LogP contribution < -0.4 is 0 Å². The summed E-state index contributed by atoms with van der Waals surface area (Å²) in [4.78, 5) is 13.8. The molecule has 1 heterocycles. The van der Waals surface area contributed by atoms with Crippen molar-refractivity contribution in [2.75, 3.05) is 24.6 Å². The van der Waals surface area contributed by atoms with E-state index < -0.39 is 9.84 Å². The van der Waals surface area contributed by atoms with Crippen molar-refractivity contribution in [1.29, 1.82) is 0 Å². The second-order valence-corrected chi connectivity index (χ2v) is 8.24. The molecule has 0 atom stereocenters. The molecule has 0 spiro atoms. The van der Waals surface area contributed by atoms with E-state index in [1.165, 1.54) is 0 Å². The van der Waals surface area contributed by atoms with E-state index in [-0.39, 0.29) is 30.5 Å². The molecule has 1 aliphatic rings. The Morgan fingerprint density at radius 1 is 1.06 bits per heavy atom. The first kappa shape index (κ1) is 14.0. The summed E-state index contributed by atoms with van der Waals surface area (Å²) < 4.78 is 24.2. The van der Waals surface area contributed by atoms with E-state index in [0.29, 0.717) is 5.56 Å². The number of hydrogen-bond acceptors (Lipinski definition) is 3. The third-order valence-electron chi connectivity index (χ3n) is 2.74. The maximum atomic E-state index is 12.2. The minimum absolute atomic E-state index is 0.0495. The van der Waals surface area contributed by atoms with Crippen LogP contribution in [0.1, 0.15) is 10.4 Å². The molecule has 0 N–H and O–H groups in total. The predicted molar refractivity (Wildman–Crippen MR) is 76.4 cm³/mol. The summed E-state index contributed by atoms with van der Waals surface area (Å²) >= 11 is 6.65. The maximum Gasteiger partial charge on any atom is 0.253 e. The van der Waals surface area contributed by atoms with Gasteiger partial charge in [0, 0.05) is 27.6 Å². The standard InChI is InChI=1S/C11H11Br2NO3S/c12-9-5-8(6-10(13)7-9)11(15)14-1-3-18(16,17)4-2-14/h5-7H,1-4H2. The summed E-state index contributed by atoms with van der Waals surface area (Å²) in [6.45, 7) is 0.538. The van der Waals surface area contributed by atoms with Gasteiger partial charge in [-0.1, -0.05) is 31.9 Å². The minimum atomic E-state index is -2.96. The van der Waals surface area contributed by atoms with Crippen molar-refractivity contribution < 1.29 is 13.2 Å². The van der Waals surface area contributed by atoms with Crippen molar-refractivity contribution in [2.45, 2.75) is 0 Å². The second kappa shape index (κ2) is 5.30. The van der Waals surface area contributed by atoms with E-state index >= 15 is 0 Å². The number of carbonyl (C=O) groups is 1. The largest absolute Gasteiger partial charge is 0.337 e. The van der Waals surface area contributed by atoms with Crippen LogP contribution in [-0.4, -0.2) is 43.8 Å². The van der Waals surface area contributed by atoms with Crippen molar-refractivity contribution in [3.8, 4) is 0 Å². The quantitative estimate of drug-likeness (QED) is 0.730. The summed E-state index contributed by atoms with van der Waals surface area (Å²) in [6.07, 6.45) is 0. The molecule has 98 valence electrons. The third-order valence-corrected chi connectivity index (χ3v) is 5.27. The summed E-state index contributed by atoms with van der Waals surface area (Å²) in [5, 5.41) is 0. The fourth-order valence-corrected chi connectivity index (χ4v) is 4.27. The van der Waals surface area contributed by atoms with Crippen LogP contribution in [0.15, 0.2) is 27.1 Å². The molecule has 4 nitrogen and oxygen atoms in total. The van der Waals surface area contributed by atoms with Crippen molar-refractivity contribution in [2.24, 2.45) is 0 Å². The number of hydrogen-bond donors (Lipinski definition) is 0. The Labute approximate surface area is 123 Å². The first-order chi connectivity index (χ1) is 8.37. The molecular weight excluding hydrogens is 386 g/mol. The molecule has 0 unspecified atom stereocenters. The molecule has 0 saturated carbocycles. The van der Waals surface area contributed by atoms with Gasteiger partial charge in [-0.05, 0) is 18.2 Å². The van der Waals surface area contributed by atoms with Crippen LogP contribution in [0.5, 0.6) is 0 Å². The number of sulfone groups is 1. The molecule has 0 aliphatic carbocycles. The van der Waals surface area contributed by atoms with E-state index in [9.17, 15) is 13.2 Å². The Kier molecular flexibility index (Phi) is 4.13. The van der Waals surface area contributed by atoms with Crippen LogP contribution >= 0.6 is 31.9 Å². The van der Waals surface area contributed by atoms with Crippen molar-refractivity contribution in [3.63, 3.8) is 0 Å². The molecule has 2 rings (SSSR count). The smallest absolute Gasteiger partial charge is 0.253 e. The lowest BCUT2D eigenvalue weighted by molar-refractivity contribution is 0.0770. The van der Waals surface area contributed by atoms with Crippen LogP contribution in [0, 0.1) is 0 Å². The Morgan fingerprint density at radius 3 is 2.06 bits per heavy atom. The van der Waals surface area contributed by atoms with E-state index in [0.717, 1.165) is 8.95 Å². The summed E-state index contributed by atoms with van der Waals surface area (Å²) in [7, 11) is -2.96. The zero-order valence-corrected chi connectivity index (χ0v) is 13.4. The molecule has 0 bridgehead atoms. The summed E-state index contributed by atoms with van der Waals surface area (Å²) in [6, 6.07) is 5.31. The Hall–Kier alpha value is -0.400. The normalized spacial score (nSPS) is 18.7. The third kappa shape index (κ3) is 3.33. The molecule has 1 aromatic carbocycles. The zero-order valence-electron chi connectivity index (χ0n) is 9.40. The summed E-state index contributed by atoms with van der Waals surface area (Å²) in [5.41, 5.74) is 0.551. The van der Waals surface area contributed by atoms with Gasteiger partial charge in [0.25, 0.3) is 5.91 Å². The van der Waals surface area contributed by atoms with E-state index in [4.69, 9.17) is 0 Å². The monoisotopic (exact) mass is 395 g/mol. The number of nitrogens with zero attached hydrogens (tertiary/aromatic N) is 1. The molecule has 1 fully saturated rings. The fraction of sp³-hybridized carbons (Fsp3) is 0.364. The van der Waals surface area contributed by atoms with Crippen molar-refractivity contribution in [1.82, 2.24) is 4.90 Å². The highest BCUT2D eigenvalue weighted by Crippen LogP contribution is 2.21. The van der Waals surface area contributed by atoms with Gasteiger partial charge in [0.2, 0.25) is 0 Å². The molecular formula is C11H11Br2NO3S. The highest BCUT2D eigenvalue weighted by Gasteiger charge is 2.25. The van der Waals surface area contributed by atoms with Crippen molar-refractivity contribution in [3.05, 3.63) is 32.7 Å². The van der Waals surface area contributed by atoms with Gasteiger partial charge in [-0.15, -0.1) is 0 Å². The molecule has 0 aromatic heterocycles. The van der Waals surface area contributed by atoms with Crippen LogP contribution in [0.3, 0.4) is 0 Å². The lowest BCUT2D eigenvalue weighted by Crippen LogP contribution is -2.43. The van der Waals surface area contributed by atoms with E-state index in [1.54, 1.807) is 17.0 Å². The van der Waals surface area contributed by atoms with Gasteiger partial charge in [-0.25, -0.2) is 8.42 Å². The SMILES string of the molecule is O=C(c1cc(Br)cc(Br)c1)N1CCS(=O)(=O)CC1. The Morgan fingerprint density at radius 2 is 1.56 bits per heavy atom. The summed E-state index contributed by atoms with van der Waals surface area (Å²) in [5.74, 6) is -0.0335. The first-order valence-electron chi connectivity index (χ1n) is 5.33. The highest BCUT2D eigenvalue weighted by atomic mass is 79.9. The average Bonchev–Trinajstić information content (AvgIpc) is 2.27. The molecule has 7 heteroatoms. The number of halogens is 2. The van der Waals surface area contributed by atoms with Gasteiger partial charge in [-0.3, -0.25) is 4.79 Å². The van der Waals surface area contributed by atoms with Crippen LogP contribution in [0.2, 0.25) is 0 Å². The van der Waals surface area contributed by atoms with Gasteiger partial charge in [0.05, 0.1) is 11.5 Å². The number of rotatable bonds is 1. The van der Waals surface area contributed by atoms with Crippen LogP contribution in [-0.2, 0) is 9.84 Å². The minimum Gasteiger partial charge on any atom is -0.337 e. The van der Waals surface area contributed by atoms with Crippen LogP contribution in [0.4, 0.5) is 0 Å². The lowest BCUT2D eigenvalue weighted by Gasteiger charge is -2.26. The molecule has 1 amide bonds. The van der Waals surface area contributed by atoms with Gasteiger partial charge in [-0.2, -0.15) is 0 Å². The number of amides is 1. The van der Waals surface area contributed by atoms with Crippen molar-refractivity contribution >= 4 is 47.6 Å². The molecule has 0 radical (unpaired) electrons. The van der Waals surface area contributed by atoms with Gasteiger partial charge in [0.15, 0.2) is 9.84 Å². The fourth-order valence-electron chi connectivity index (χ4n) is 1.78. The maximum absolute atomic E-state index is 12.2. The van der Waals surface area contributed by atoms with Gasteiger partial charge >= 0.3 is 0 Å². The van der Waals surface area contributed by atoms with E-state index in [2.05, 4.69) is 31.9 Å². The lowest BCUT2D eigenvalue weighted by atomic mass is 10.2. The average molecular weight is 397 g/mol. The Balaban J connectivity index is 2.17. The second-order valence-electron chi connectivity index (χ2n) is 4.10. The number of carbonyl (C=O) groups excluding carboxylic acids is 1. The van der Waals surface area contributed by atoms with Gasteiger partial charge < -0.3 is 4.90 Å². The molecule has 1 saturated heterocycles. The highest BCUT2D eigenvalue weighted by molar-refractivity contribution is 9.11. The topological polar surface area (TPSA) is 54.5 Å². The first-order valence-corrected chi connectivity index (χ1v) is 8.74. The molecule has 18 heavy (non-hydrogen) atoms.